The molecule has 2 nitrogen and oxygen atoms in total. The maximum atomic E-state index is 4.48. The first-order valence-electron chi connectivity index (χ1n) is 5.79. The van der Waals surface area contributed by atoms with Crippen molar-refractivity contribution in [2.24, 2.45) is 13.0 Å². The Morgan fingerprint density at radius 2 is 2.20 bits per heavy atom. The highest BCUT2D eigenvalue weighted by atomic mass is 79.9. The minimum absolute atomic E-state index is 0.745. The van der Waals surface area contributed by atoms with Gasteiger partial charge in [-0.05, 0) is 31.2 Å². The Hall–Kier alpha value is -0.310. The first-order chi connectivity index (χ1) is 7.21. The highest BCUT2D eigenvalue weighted by Gasteiger charge is 2.11. The normalized spacial score (nSPS) is 13.1. The van der Waals surface area contributed by atoms with Crippen LogP contribution in [-0.2, 0) is 19.9 Å². The topological polar surface area (TPSA) is 17.8 Å². The second-order valence-corrected chi connectivity index (χ2v) is 4.76. The van der Waals surface area contributed by atoms with Gasteiger partial charge in [0.2, 0.25) is 0 Å². The predicted molar refractivity (Wildman–Crippen MR) is 68.5 cm³/mol. The molecule has 1 atom stereocenters. The number of hydrogen-bond acceptors (Lipinski definition) is 1. The maximum Gasteiger partial charge on any atom is 0.0624 e. The summed E-state index contributed by atoms with van der Waals surface area (Å²) in [5.41, 5.74) is 2.57. The molecule has 3 heteroatoms. The van der Waals surface area contributed by atoms with Crippen molar-refractivity contribution in [3.63, 3.8) is 0 Å². The molecule has 1 aromatic rings. The summed E-state index contributed by atoms with van der Waals surface area (Å²) in [4.78, 5) is 0. The Morgan fingerprint density at radius 3 is 2.67 bits per heavy atom. The molecule has 0 amide bonds. The molecule has 0 aliphatic rings. The van der Waals surface area contributed by atoms with Crippen LogP contribution < -0.4 is 0 Å². The highest BCUT2D eigenvalue weighted by molar-refractivity contribution is 9.09. The van der Waals surface area contributed by atoms with E-state index >= 15 is 0 Å². The molecule has 1 unspecified atom stereocenters. The molecule has 0 saturated carbocycles. The lowest BCUT2D eigenvalue weighted by Gasteiger charge is -2.12. The first kappa shape index (κ1) is 12.8. The summed E-state index contributed by atoms with van der Waals surface area (Å²) in [6.07, 6.45) is 4.72. The number of aromatic nitrogens is 2. The lowest BCUT2D eigenvalue weighted by Crippen LogP contribution is -2.09. The Labute approximate surface area is 101 Å². The molecule has 0 saturated heterocycles. The highest BCUT2D eigenvalue weighted by Crippen LogP contribution is 2.17. The van der Waals surface area contributed by atoms with Gasteiger partial charge in [0.15, 0.2) is 0 Å². The standard InChI is InChI=1S/C12H21BrN2/c1-4-6-10(9-13)7-12-8-11(5-2)14-15(12)3/h8,10H,4-7,9H2,1-3H3. The largest absolute Gasteiger partial charge is 0.272 e. The number of hydrogen-bond donors (Lipinski definition) is 0. The SMILES string of the molecule is CCCC(CBr)Cc1cc(CC)nn1C. The van der Waals surface area contributed by atoms with E-state index in [1.807, 2.05) is 11.7 Å². The van der Waals surface area contributed by atoms with Crippen LogP contribution in [0.25, 0.3) is 0 Å². The maximum absolute atomic E-state index is 4.48. The van der Waals surface area contributed by atoms with Crippen molar-refractivity contribution in [3.05, 3.63) is 17.5 Å². The van der Waals surface area contributed by atoms with Gasteiger partial charge in [0.25, 0.3) is 0 Å². The van der Waals surface area contributed by atoms with Gasteiger partial charge >= 0.3 is 0 Å². The van der Waals surface area contributed by atoms with Crippen molar-refractivity contribution < 1.29 is 0 Å². The Morgan fingerprint density at radius 1 is 1.47 bits per heavy atom. The van der Waals surface area contributed by atoms with Crippen molar-refractivity contribution in [1.82, 2.24) is 9.78 Å². The van der Waals surface area contributed by atoms with Crippen molar-refractivity contribution in [2.75, 3.05) is 5.33 Å². The zero-order chi connectivity index (χ0) is 11.3. The van der Waals surface area contributed by atoms with Gasteiger partial charge in [-0.15, -0.1) is 0 Å². The fourth-order valence-electron chi connectivity index (χ4n) is 1.87. The van der Waals surface area contributed by atoms with Crippen LogP contribution in [0, 0.1) is 5.92 Å². The molecular formula is C12H21BrN2. The smallest absolute Gasteiger partial charge is 0.0624 e. The Bertz CT molecular complexity index is 294. The van der Waals surface area contributed by atoms with E-state index in [1.54, 1.807) is 0 Å². The average Bonchev–Trinajstić information content (AvgIpc) is 2.59. The van der Waals surface area contributed by atoms with E-state index in [0.29, 0.717) is 0 Å². The van der Waals surface area contributed by atoms with Crippen LogP contribution in [-0.4, -0.2) is 15.1 Å². The van der Waals surface area contributed by atoms with Crippen LogP contribution in [0.2, 0.25) is 0 Å². The summed E-state index contributed by atoms with van der Waals surface area (Å²) in [5, 5.41) is 5.57. The van der Waals surface area contributed by atoms with Gasteiger partial charge in [-0.25, -0.2) is 0 Å². The van der Waals surface area contributed by atoms with Crippen LogP contribution in [0.15, 0.2) is 6.07 Å². The summed E-state index contributed by atoms with van der Waals surface area (Å²) >= 11 is 3.59. The molecular weight excluding hydrogens is 252 g/mol. The van der Waals surface area contributed by atoms with Crippen LogP contribution in [0.4, 0.5) is 0 Å². The minimum Gasteiger partial charge on any atom is -0.272 e. The summed E-state index contributed by atoms with van der Waals surface area (Å²) in [6.45, 7) is 4.40. The first-order valence-corrected chi connectivity index (χ1v) is 6.91. The quantitative estimate of drug-likeness (QED) is 0.727. The molecule has 0 N–H and O–H groups in total. The molecule has 0 radical (unpaired) electrons. The lowest BCUT2D eigenvalue weighted by atomic mass is 10.00. The third-order valence-electron chi connectivity index (χ3n) is 2.80. The van der Waals surface area contributed by atoms with Crippen LogP contribution in [0.5, 0.6) is 0 Å². The zero-order valence-corrected chi connectivity index (χ0v) is 11.5. The zero-order valence-electron chi connectivity index (χ0n) is 9.96. The molecule has 1 aromatic heterocycles. The van der Waals surface area contributed by atoms with Crippen LogP contribution >= 0.6 is 15.9 Å². The van der Waals surface area contributed by atoms with E-state index in [1.165, 1.54) is 24.2 Å². The van der Waals surface area contributed by atoms with Gasteiger partial charge in [0.05, 0.1) is 5.69 Å². The Balaban J connectivity index is 2.65. The molecule has 0 fully saturated rings. The minimum atomic E-state index is 0.745. The van der Waals surface area contributed by atoms with Crippen molar-refractivity contribution in [3.8, 4) is 0 Å². The second-order valence-electron chi connectivity index (χ2n) is 4.12. The van der Waals surface area contributed by atoms with Crippen LogP contribution in [0.1, 0.15) is 38.1 Å². The summed E-state index contributed by atoms with van der Waals surface area (Å²) in [6, 6.07) is 2.24. The number of alkyl halides is 1. The number of nitrogens with zero attached hydrogens (tertiary/aromatic N) is 2. The Kier molecular flexibility index (Phi) is 5.37. The van der Waals surface area contributed by atoms with Crippen molar-refractivity contribution >= 4 is 15.9 Å². The molecule has 0 aromatic carbocycles. The number of aryl methyl sites for hydroxylation is 2. The van der Waals surface area contributed by atoms with E-state index < -0.39 is 0 Å². The van der Waals surface area contributed by atoms with E-state index in [-0.39, 0.29) is 0 Å². The fourth-order valence-corrected chi connectivity index (χ4v) is 2.43. The van der Waals surface area contributed by atoms with E-state index in [0.717, 1.165) is 24.1 Å². The van der Waals surface area contributed by atoms with E-state index in [4.69, 9.17) is 0 Å². The van der Waals surface area contributed by atoms with Crippen LogP contribution in [0.3, 0.4) is 0 Å². The summed E-state index contributed by atoms with van der Waals surface area (Å²) in [7, 11) is 2.05. The molecule has 0 spiro atoms. The summed E-state index contributed by atoms with van der Waals surface area (Å²) < 4.78 is 2.03. The van der Waals surface area contributed by atoms with Gasteiger partial charge < -0.3 is 0 Å². The van der Waals surface area contributed by atoms with Gasteiger partial charge in [0.1, 0.15) is 0 Å². The average molecular weight is 273 g/mol. The third kappa shape index (κ3) is 3.63. The number of halogens is 1. The van der Waals surface area contributed by atoms with Crippen molar-refractivity contribution in [1.29, 1.82) is 0 Å². The van der Waals surface area contributed by atoms with E-state index in [9.17, 15) is 0 Å². The molecule has 15 heavy (non-hydrogen) atoms. The third-order valence-corrected chi connectivity index (χ3v) is 3.72. The van der Waals surface area contributed by atoms with Gasteiger partial charge in [-0.3, -0.25) is 4.68 Å². The summed E-state index contributed by atoms with van der Waals surface area (Å²) in [5.74, 6) is 0.745. The molecule has 1 rings (SSSR count). The molecule has 0 aliphatic carbocycles. The molecule has 0 bridgehead atoms. The van der Waals surface area contributed by atoms with E-state index in [2.05, 4.69) is 40.9 Å². The second kappa shape index (κ2) is 6.31. The van der Waals surface area contributed by atoms with Gasteiger partial charge in [0, 0.05) is 18.1 Å². The van der Waals surface area contributed by atoms with Gasteiger partial charge in [-0.1, -0.05) is 36.2 Å². The van der Waals surface area contributed by atoms with Crippen molar-refractivity contribution in [2.45, 2.75) is 39.5 Å². The monoisotopic (exact) mass is 272 g/mol. The van der Waals surface area contributed by atoms with Gasteiger partial charge in [-0.2, -0.15) is 5.10 Å². The molecule has 86 valence electrons. The lowest BCUT2D eigenvalue weighted by molar-refractivity contribution is 0.513. The molecule has 1 heterocycles. The predicted octanol–water partition coefficient (Wildman–Crippen LogP) is 3.34. The number of rotatable bonds is 6. The molecule has 0 aliphatic heterocycles. The fraction of sp³-hybridized carbons (Fsp3) is 0.750.